The van der Waals surface area contributed by atoms with Gasteiger partial charge in [-0.25, -0.2) is 4.98 Å². The van der Waals surface area contributed by atoms with Crippen LogP contribution in [0.4, 0.5) is 5.69 Å². The van der Waals surface area contributed by atoms with E-state index in [1.54, 1.807) is 43.0 Å². The molecule has 2 amide bonds. The van der Waals surface area contributed by atoms with Gasteiger partial charge in [-0.3, -0.25) is 19.5 Å². The number of methoxy groups -OCH3 is 1. The van der Waals surface area contributed by atoms with Gasteiger partial charge in [0.2, 0.25) is 5.91 Å². The molecule has 3 heterocycles. The van der Waals surface area contributed by atoms with E-state index in [0.717, 1.165) is 28.8 Å². The van der Waals surface area contributed by atoms with E-state index in [0.29, 0.717) is 35.8 Å². The van der Waals surface area contributed by atoms with Gasteiger partial charge in [-0.2, -0.15) is 5.10 Å². The molecule has 4 aromatic rings. The number of nitrogens with zero attached hydrogens (tertiary/aromatic N) is 3. The Labute approximate surface area is 217 Å². The third-order valence-corrected chi connectivity index (χ3v) is 7.64. The summed E-state index contributed by atoms with van der Waals surface area (Å²) in [6.07, 6.45) is 3.67. The molecule has 1 saturated heterocycles. The number of thiazole rings is 1. The SMILES string of the molecule is COc1ccc(C(=O)CCC(=O)N2CCC(c3nc(C(=O)Nc4ccc5cn[nH]c5c4)cs3)CC2)cc1. The second kappa shape index (κ2) is 10.9. The number of amides is 2. The molecule has 10 heteroatoms. The largest absolute Gasteiger partial charge is 0.497 e. The fourth-order valence-corrected chi connectivity index (χ4v) is 5.44. The van der Waals surface area contributed by atoms with Crippen molar-refractivity contribution in [3.05, 3.63) is 70.3 Å². The number of nitrogens with one attached hydrogen (secondary N) is 2. The average Bonchev–Trinajstić information content (AvgIpc) is 3.62. The quantitative estimate of drug-likeness (QED) is 0.329. The minimum Gasteiger partial charge on any atom is -0.497 e. The number of aromatic nitrogens is 3. The monoisotopic (exact) mass is 517 g/mol. The number of likely N-dealkylation sites (tertiary alicyclic amines) is 1. The zero-order valence-corrected chi connectivity index (χ0v) is 21.2. The number of hydrogen-bond acceptors (Lipinski definition) is 7. The zero-order valence-electron chi connectivity index (χ0n) is 20.4. The molecular weight excluding hydrogens is 490 g/mol. The summed E-state index contributed by atoms with van der Waals surface area (Å²) in [5, 5.41) is 13.4. The summed E-state index contributed by atoms with van der Waals surface area (Å²) in [7, 11) is 1.58. The lowest BCUT2D eigenvalue weighted by Gasteiger charge is -2.31. The average molecular weight is 518 g/mol. The van der Waals surface area contributed by atoms with Crippen LogP contribution >= 0.6 is 11.3 Å². The number of carbonyl (C=O) groups excluding carboxylic acids is 3. The van der Waals surface area contributed by atoms with Gasteiger partial charge in [0.15, 0.2) is 5.78 Å². The van der Waals surface area contributed by atoms with Crippen LogP contribution in [0, 0.1) is 0 Å². The smallest absolute Gasteiger partial charge is 0.275 e. The van der Waals surface area contributed by atoms with Crippen molar-refractivity contribution in [1.29, 1.82) is 0 Å². The van der Waals surface area contributed by atoms with E-state index >= 15 is 0 Å². The summed E-state index contributed by atoms with van der Waals surface area (Å²) < 4.78 is 5.12. The highest BCUT2D eigenvalue weighted by molar-refractivity contribution is 7.10. The first-order chi connectivity index (χ1) is 18.0. The van der Waals surface area contributed by atoms with Crippen molar-refractivity contribution in [1.82, 2.24) is 20.1 Å². The summed E-state index contributed by atoms with van der Waals surface area (Å²) in [5.41, 5.74) is 2.50. The Bertz CT molecular complexity index is 1420. The lowest BCUT2D eigenvalue weighted by atomic mass is 9.97. The number of ketones is 1. The number of piperidine rings is 1. The maximum atomic E-state index is 12.7. The molecule has 0 bridgehead atoms. The number of fused-ring (bicyclic) bond motifs is 1. The Morgan fingerprint density at radius 3 is 2.65 bits per heavy atom. The summed E-state index contributed by atoms with van der Waals surface area (Å²) in [6.45, 7) is 1.23. The Kier molecular flexibility index (Phi) is 7.27. The van der Waals surface area contributed by atoms with Crippen LogP contribution in [0.25, 0.3) is 10.9 Å². The molecule has 37 heavy (non-hydrogen) atoms. The number of ether oxygens (including phenoxy) is 1. The predicted octanol–water partition coefficient (Wildman–Crippen LogP) is 4.65. The van der Waals surface area contributed by atoms with Gasteiger partial charge in [0.05, 0.1) is 23.8 Å². The molecule has 190 valence electrons. The van der Waals surface area contributed by atoms with Crippen molar-refractivity contribution in [2.45, 2.75) is 31.6 Å². The third kappa shape index (κ3) is 5.69. The van der Waals surface area contributed by atoms with E-state index < -0.39 is 0 Å². The highest BCUT2D eigenvalue weighted by atomic mass is 32.1. The fraction of sp³-hybridized carbons (Fsp3) is 0.296. The zero-order chi connectivity index (χ0) is 25.8. The van der Waals surface area contributed by atoms with E-state index in [4.69, 9.17) is 4.74 Å². The van der Waals surface area contributed by atoms with Crippen LogP contribution in [-0.2, 0) is 4.79 Å². The molecule has 0 atom stereocenters. The number of carbonyl (C=O) groups is 3. The van der Waals surface area contributed by atoms with E-state index in [1.165, 1.54) is 11.3 Å². The molecular formula is C27H27N5O4S. The van der Waals surface area contributed by atoms with Crippen LogP contribution in [0.15, 0.2) is 54.0 Å². The Hall–Kier alpha value is -4.05. The van der Waals surface area contributed by atoms with Gasteiger partial charge in [-0.1, -0.05) is 0 Å². The third-order valence-electron chi connectivity index (χ3n) is 6.63. The first-order valence-electron chi connectivity index (χ1n) is 12.1. The molecule has 9 nitrogen and oxygen atoms in total. The molecule has 0 saturated carbocycles. The summed E-state index contributed by atoms with van der Waals surface area (Å²) in [5.74, 6) is 0.585. The van der Waals surface area contributed by atoms with Gasteiger partial charge in [-0.15, -0.1) is 11.3 Å². The van der Waals surface area contributed by atoms with Gasteiger partial charge in [0.25, 0.3) is 5.91 Å². The number of Topliss-reactive ketones (excluding diaryl/α,β-unsaturated/α-hetero) is 1. The molecule has 5 rings (SSSR count). The second-order valence-corrected chi connectivity index (χ2v) is 9.89. The lowest BCUT2D eigenvalue weighted by molar-refractivity contribution is -0.132. The van der Waals surface area contributed by atoms with Crippen LogP contribution < -0.4 is 10.1 Å². The summed E-state index contributed by atoms with van der Waals surface area (Å²) in [6, 6.07) is 12.5. The van der Waals surface area contributed by atoms with Crippen LogP contribution in [0.2, 0.25) is 0 Å². The second-order valence-electron chi connectivity index (χ2n) is 9.00. The van der Waals surface area contributed by atoms with Crippen LogP contribution in [0.3, 0.4) is 0 Å². The van der Waals surface area contributed by atoms with Gasteiger partial charge in [0, 0.05) is 53.9 Å². The Balaban J connectivity index is 1.10. The molecule has 2 aromatic heterocycles. The van der Waals surface area contributed by atoms with E-state index in [9.17, 15) is 14.4 Å². The Morgan fingerprint density at radius 2 is 1.89 bits per heavy atom. The molecule has 0 radical (unpaired) electrons. The van der Waals surface area contributed by atoms with Crippen LogP contribution in [0.5, 0.6) is 5.75 Å². The summed E-state index contributed by atoms with van der Waals surface area (Å²) >= 11 is 1.48. The maximum absolute atomic E-state index is 12.7. The van der Waals surface area contributed by atoms with Crippen molar-refractivity contribution in [2.75, 3.05) is 25.5 Å². The molecule has 2 aromatic carbocycles. The van der Waals surface area contributed by atoms with E-state index in [2.05, 4.69) is 20.5 Å². The number of benzene rings is 2. The molecule has 1 fully saturated rings. The number of rotatable bonds is 8. The molecule has 0 aliphatic carbocycles. The number of H-pyrrole nitrogens is 1. The highest BCUT2D eigenvalue weighted by Gasteiger charge is 2.26. The molecule has 2 N–H and O–H groups in total. The van der Waals surface area contributed by atoms with Crippen molar-refractivity contribution in [3.8, 4) is 5.75 Å². The molecule has 0 unspecified atom stereocenters. The highest BCUT2D eigenvalue weighted by Crippen LogP contribution is 2.31. The molecule has 1 aliphatic rings. The number of hydrogen-bond donors (Lipinski definition) is 2. The van der Waals surface area contributed by atoms with Gasteiger partial charge >= 0.3 is 0 Å². The summed E-state index contributed by atoms with van der Waals surface area (Å²) in [4.78, 5) is 44.2. The van der Waals surface area contributed by atoms with Gasteiger partial charge in [0.1, 0.15) is 11.4 Å². The van der Waals surface area contributed by atoms with Crippen molar-refractivity contribution < 1.29 is 19.1 Å². The Morgan fingerprint density at radius 1 is 1.11 bits per heavy atom. The lowest BCUT2D eigenvalue weighted by Crippen LogP contribution is -2.38. The predicted molar refractivity (Wildman–Crippen MR) is 141 cm³/mol. The molecule has 1 aliphatic heterocycles. The fourth-order valence-electron chi connectivity index (χ4n) is 4.47. The maximum Gasteiger partial charge on any atom is 0.275 e. The van der Waals surface area contributed by atoms with Crippen LogP contribution in [0.1, 0.15) is 57.5 Å². The number of aromatic amines is 1. The van der Waals surface area contributed by atoms with Gasteiger partial charge in [-0.05, 0) is 55.3 Å². The van der Waals surface area contributed by atoms with Crippen molar-refractivity contribution >= 4 is 45.5 Å². The normalized spacial score (nSPS) is 14.0. The van der Waals surface area contributed by atoms with Crippen LogP contribution in [-0.4, -0.2) is 57.9 Å². The minimum atomic E-state index is -0.254. The molecule has 0 spiro atoms. The van der Waals surface area contributed by atoms with Crippen molar-refractivity contribution in [3.63, 3.8) is 0 Å². The first kappa shape index (κ1) is 24.6. The first-order valence-corrected chi connectivity index (χ1v) is 13.0. The standard InChI is InChI=1S/C27H27N5O4S/c1-36-21-6-3-17(4-7-21)24(33)8-9-25(34)32-12-10-18(11-13-32)27-30-23(16-37-27)26(35)29-20-5-2-19-15-28-31-22(19)14-20/h2-7,14-16,18H,8-13H2,1H3,(H,28,31)(H,29,35). The number of anilines is 1. The minimum absolute atomic E-state index is 0.00578. The van der Waals surface area contributed by atoms with Crippen molar-refractivity contribution in [2.24, 2.45) is 0 Å². The topological polar surface area (TPSA) is 117 Å². The van der Waals surface area contributed by atoms with Gasteiger partial charge < -0.3 is 15.0 Å². The van der Waals surface area contributed by atoms with E-state index in [1.807, 2.05) is 23.1 Å². The van der Waals surface area contributed by atoms with E-state index in [-0.39, 0.29) is 36.4 Å².